The van der Waals surface area contributed by atoms with E-state index in [-0.39, 0.29) is 46.0 Å². The Balaban J connectivity index is 1.86. The van der Waals surface area contributed by atoms with Crippen LogP contribution < -0.4 is 15.4 Å². The number of ketones is 3. The first-order valence-corrected chi connectivity index (χ1v) is 20.6. The van der Waals surface area contributed by atoms with Gasteiger partial charge in [0.1, 0.15) is 29.0 Å². The third-order valence-corrected chi connectivity index (χ3v) is 11.8. The smallest absolute Gasteiger partial charge is 0.312 e. The van der Waals surface area contributed by atoms with Gasteiger partial charge >= 0.3 is 11.8 Å². The van der Waals surface area contributed by atoms with Gasteiger partial charge in [0.15, 0.2) is 0 Å². The second kappa shape index (κ2) is 20.0. The van der Waals surface area contributed by atoms with Gasteiger partial charge in [-0.2, -0.15) is 0 Å². The van der Waals surface area contributed by atoms with Crippen molar-refractivity contribution in [3.8, 4) is 11.5 Å². The molecular formula is C45H62N2O12. The zero-order chi connectivity index (χ0) is 43.9. The van der Waals surface area contributed by atoms with Gasteiger partial charge in [0.2, 0.25) is 11.6 Å². The number of allylic oxidation sites excluding steroid dienone is 4. The van der Waals surface area contributed by atoms with E-state index in [0.717, 1.165) is 32.1 Å². The molecule has 1 aromatic rings. The Morgan fingerprint density at radius 2 is 1.56 bits per heavy atom. The monoisotopic (exact) mass is 822 g/mol. The van der Waals surface area contributed by atoms with Gasteiger partial charge in [-0.15, -0.1) is 0 Å². The molecule has 324 valence electrons. The molecule has 0 saturated carbocycles. The fourth-order valence-electron chi connectivity index (χ4n) is 7.98. The minimum Gasteiger partial charge on any atom is -0.507 e. The number of unbranched alkanes of at least 4 members (excludes halogenated alkanes) is 5. The van der Waals surface area contributed by atoms with Gasteiger partial charge < -0.3 is 44.9 Å². The minimum atomic E-state index is -2.06. The summed E-state index contributed by atoms with van der Waals surface area (Å²) in [6.45, 7) is 14.8. The third-order valence-electron chi connectivity index (χ3n) is 11.8. The van der Waals surface area contributed by atoms with Gasteiger partial charge in [0.05, 0.1) is 41.3 Å². The number of nitrogens with one attached hydrogen (secondary N) is 2. The Kier molecular flexibility index (Phi) is 15.9. The Morgan fingerprint density at radius 3 is 2.20 bits per heavy atom. The molecule has 9 unspecified atom stereocenters. The predicted octanol–water partition coefficient (Wildman–Crippen LogP) is 5.91. The van der Waals surface area contributed by atoms with Gasteiger partial charge in [-0.3, -0.25) is 24.0 Å². The van der Waals surface area contributed by atoms with Gasteiger partial charge in [-0.25, -0.2) is 0 Å². The van der Waals surface area contributed by atoms with Crippen molar-refractivity contribution >= 4 is 29.2 Å². The number of aliphatic hydroxyl groups excluding tert-OH is 2. The van der Waals surface area contributed by atoms with E-state index in [4.69, 9.17) is 18.9 Å². The summed E-state index contributed by atoms with van der Waals surface area (Å²) < 4.78 is 23.5. The SMILES string of the molecule is CCCCCCCCNC1=C2NC(=O)C(C)=CC=CC(C)C(O)C(C)C(O)C(C)C(OC(C)=O)C(C)C(OC)C=COC3(C)Oc4c(C)c(O)c(c(c4C3=O)C1=O)C2=O. The number of phenolic OH excluding ortho intramolecular Hbond substituents is 1. The highest BCUT2D eigenvalue weighted by Gasteiger charge is 2.52. The number of phenols is 1. The summed E-state index contributed by atoms with van der Waals surface area (Å²) in [5.74, 6) is -9.04. The van der Waals surface area contributed by atoms with Gasteiger partial charge in [0.25, 0.3) is 11.7 Å². The standard InChI is InChI=1S/C45H62N2O12/c1-11-12-13-14-15-16-21-46-34-35-40(53)32-31(39(34)52)33-42(28(7)38(32)51)59-45(9,43(33)54)57-22-20-30(56-10)25(4)41(58-29(8)48)27(6)37(50)26(5)36(49)23(2)18-17-19-24(3)44(55)47-35/h17-20,22-23,25-27,30,36-37,41,46,49-51H,11-16,21H2,1-10H3,(H,47,55). The number of carbonyl (C=O) groups is 5. The van der Waals surface area contributed by atoms with Crippen LogP contribution in [0, 0.1) is 30.6 Å². The van der Waals surface area contributed by atoms with Crippen LogP contribution in [0.3, 0.4) is 0 Å². The summed E-state index contributed by atoms with van der Waals surface area (Å²) in [5, 5.41) is 40.0. The van der Waals surface area contributed by atoms with E-state index in [1.807, 2.05) is 0 Å². The molecule has 1 aliphatic carbocycles. The molecule has 5 N–H and O–H groups in total. The number of hydrogen-bond donors (Lipinski definition) is 5. The Labute approximate surface area is 347 Å². The number of carbonyl (C=O) groups excluding carboxylic acids is 5. The number of aromatic hydroxyl groups is 1. The fourth-order valence-corrected chi connectivity index (χ4v) is 7.98. The summed E-state index contributed by atoms with van der Waals surface area (Å²) in [5.41, 5.74) is -1.51. The summed E-state index contributed by atoms with van der Waals surface area (Å²) >= 11 is 0. The molecule has 0 fully saturated rings. The Bertz CT molecular complexity index is 1910. The topological polar surface area (TPSA) is 207 Å². The molecule has 3 aliphatic heterocycles. The zero-order valence-electron chi connectivity index (χ0n) is 36.0. The zero-order valence-corrected chi connectivity index (χ0v) is 36.0. The highest BCUT2D eigenvalue weighted by molar-refractivity contribution is 6.32. The average molecular weight is 823 g/mol. The number of hydrogen-bond acceptors (Lipinski definition) is 13. The molecule has 9 atom stereocenters. The van der Waals surface area contributed by atoms with Crippen LogP contribution in [-0.4, -0.2) is 88.4 Å². The molecule has 1 amide bonds. The Morgan fingerprint density at radius 1 is 0.898 bits per heavy atom. The normalized spacial score (nSPS) is 29.2. The van der Waals surface area contributed by atoms with Gasteiger partial charge in [-0.1, -0.05) is 85.0 Å². The van der Waals surface area contributed by atoms with Crippen LogP contribution in [0.5, 0.6) is 11.5 Å². The molecule has 0 spiro atoms. The van der Waals surface area contributed by atoms with Gasteiger partial charge in [0, 0.05) is 62.3 Å². The first-order chi connectivity index (χ1) is 27.8. The van der Waals surface area contributed by atoms with Crippen LogP contribution in [0.25, 0.3) is 0 Å². The van der Waals surface area contributed by atoms with E-state index in [0.29, 0.717) is 6.42 Å². The van der Waals surface area contributed by atoms with Crippen LogP contribution in [0.1, 0.15) is 131 Å². The Hall–Kier alpha value is -4.79. The van der Waals surface area contributed by atoms with Crippen molar-refractivity contribution in [3.63, 3.8) is 0 Å². The summed E-state index contributed by atoms with van der Waals surface area (Å²) in [6.07, 6.45) is 9.24. The molecule has 5 rings (SSSR count). The second-order valence-electron chi connectivity index (χ2n) is 16.2. The molecule has 0 saturated heterocycles. The molecule has 14 heteroatoms. The molecule has 0 aromatic heterocycles. The van der Waals surface area contributed by atoms with Crippen LogP contribution in [0.4, 0.5) is 0 Å². The molecule has 0 radical (unpaired) electrons. The third kappa shape index (κ3) is 9.99. The van der Waals surface area contributed by atoms with Crippen LogP contribution in [0.2, 0.25) is 0 Å². The number of ether oxygens (including phenoxy) is 4. The number of rotatable bonds is 10. The summed E-state index contributed by atoms with van der Waals surface area (Å²) in [7, 11) is 1.43. The van der Waals surface area contributed by atoms with E-state index in [1.165, 1.54) is 53.2 Å². The number of benzene rings is 1. The summed E-state index contributed by atoms with van der Waals surface area (Å²) in [6, 6.07) is 0. The number of aliphatic hydroxyl groups is 2. The quantitative estimate of drug-likeness (QED) is 0.138. The van der Waals surface area contributed by atoms with Crippen molar-refractivity contribution in [1.82, 2.24) is 10.6 Å². The molecule has 3 heterocycles. The van der Waals surface area contributed by atoms with Crippen molar-refractivity contribution in [2.24, 2.45) is 23.7 Å². The lowest BCUT2D eigenvalue weighted by atomic mass is 9.78. The number of methoxy groups -OCH3 is 1. The lowest BCUT2D eigenvalue weighted by molar-refractivity contribution is -0.160. The summed E-state index contributed by atoms with van der Waals surface area (Å²) in [4.78, 5) is 69.3. The largest absolute Gasteiger partial charge is 0.507 e. The maximum atomic E-state index is 14.6. The van der Waals surface area contributed by atoms with E-state index < -0.39 is 94.4 Å². The lowest BCUT2D eigenvalue weighted by Gasteiger charge is -2.38. The van der Waals surface area contributed by atoms with E-state index in [9.17, 15) is 39.3 Å². The first kappa shape index (κ1) is 46.9. The molecule has 1 aromatic carbocycles. The van der Waals surface area contributed by atoms with Crippen molar-refractivity contribution in [2.75, 3.05) is 13.7 Å². The molecule has 5 bridgehead atoms. The van der Waals surface area contributed by atoms with E-state index in [2.05, 4.69) is 17.6 Å². The van der Waals surface area contributed by atoms with E-state index in [1.54, 1.807) is 39.8 Å². The maximum Gasteiger partial charge on any atom is 0.312 e. The van der Waals surface area contributed by atoms with Crippen molar-refractivity contribution in [3.05, 3.63) is 69.8 Å². The van der Waals surface area contributed by atoms with Crippen molar-refractivity contribution in [2.45, 2.75) is 131 Å². The number of Topliss-reactive ketones (excluding diaryl/α,β-unsaturated/α-hetero) is 3. The van der Waals surface area contributed by atoms with Gasteiger partial charge in [-0.05, 0) is 26.3 Å². The molecule has 14 nitrogen and oxygen atoms in total. The average Bonchev–Trinajstić information content (AvgIpc) is 3.46. The highest BCUT2D eigenvalue weighted by atomic mass is 16.7. The number of amides is 1. The lowest BCUT2D eigenvalue weighted by Crippen LogP contribution is -2.46. The van der Waals surface area contributed by atoms with Crippen molar-refractivity contribution in [1.29, 1.82) is 0 Å². The number of esters is 1. The predicted molar refractivity (Wildman–Crippen MR) is 220 cm³/mol. The fraction of sp³-hybridized carbons (Fsp3) is 0.578. The second-order valence-corrected chi connectivity index (χ2v) is 16.2. The van der Waals surface area contributed by atoms with Crippen LogP contribution in [0.15, 0.2) is 47.5 Å². The molecular weight excluding hydrogens is 760 g/mol. The first-order valence-electron chi connectivity index (χ1n) is 20.6. The maximum absolute atomic E-state index is 14.6. The van der Waals surface area contributed by atoms with Crippen LogP contribution in [-0.2, 0) is 23.8 Å². The molecule has 4 aliphatic rings. The molecule has 59 heavy (non-hydrogen) atoms. The highest BCUT2D eigenvalue weighted by Crippen LogP contribution is 2.48. The van der Waals surface area contributed by atoms with Crippen LogP contribution >= 0.6 is 0 Å². The number of fused-ring (bicyclic) bond motifs is 14. The van der Waals surface area contributed by atoms with E-state index >= 15 is 0 Å². The van der Waals surface area contributed by atoms with Crippen molar-refractivity contribution < 1.29 is 58.2 Å². The minimum absolute atomic E-state index is 0.0103.